The van der Waals surface area contributed by atoms with Crippen LogP contribution in [0.2, 0.25) is 0 Å². The molecular weight excluding hydrogens is 334 g/mol. The predicted molar refractivity (Wildman–Crippen MR) is 111 cm³/mol. The third-order valence-electron chi connectivity index (χ3n) is 5.65. The number of fused-ring (bicyclic) bond motifs is 1. The molecule has 0 spiro atoms. The summed E-state index contributed by atoms with van der Waals surface area (Å²) in [7, 11) is 1.71. The van der Waals surface area contributed by atoms with Gasteiger partial charge in [-0.25, -0.2) is 4.98 Å². The summed E-state index contributed by atoms with van der Waals surface area (Å²) in [5.74, 6) is 2.07. The van der Waals surface area contributed by atoms with Gasteiger partial charge in [0.25, 0.3) is 0 Å². The molecule has 1 aliphatic rings. The van der Waals surface area contributed by atoms with Crippen LogP contribution < -0.4 is 4.74 Å². The number of hydrogen-bond acceptors (Lipinski definition) is 3. The number of aromatic nitrogens is 2. The highest BCUT2D eigenvalue weighted by Gasteiger charge is 2.24. The first-order chi connectivity index (χ1) is 13.3. The number of likely N-dealkylation sites (tertiary alicyclic amines) is 1. The van der Waals surface area contributed by atoms with Gasteiger partial charge in [0.1, 0.15) is 11.6 Å². The summed E-state index contributed by atoms with van der Waals surface area (Å²) in [6.45, 7) is 5.86. The predicted octanol–water partition coefficient (Wildman–Crippen LogP) is 4.68. The molecule has 1 aromatic heterocycles. The van der Waals surface area contributed by atoms with Crippen molar-refractivity contribution in [2.45, 2.75) is 38.6 Å². The third kappa shape index (κ3) is 3.86. The highest BCUT2D eigenvalue weighted by molar-refractivity contribution is 5.76. The van der Waals surface area contributed by atoms with E-state index in [-0.39, 0.29) is 0 Å². The van der Waals surface area contributed by atoms with Gasteiger partial charge in [-0.3, -0.25) is 0 Å². The van der Waals surface area contributed by atoms with E-state index in [0.717, 1.165) is 17.7 Å². The first-order valence-corrected chi connectivity index (χ1v) is 10.1. The molecule has 1 aliphatic heterocycles. The van der Waals surface area contributed by atoms with E-state index in [4.69, 9.17) is 9.72 Å². The SMILES string of the molecule is CCCN1CCC(n2c(Cc3ccc(OC)cc3)nc3ccccc32)CC1. The standard InChI is InChI=1S/C23H29N3O/c1-3-14-25-15-12-19(13-16-25)26-22-7-5-4-6-21(22)24-23(26)17-18-8-10-20(27-2)11-9-18/h4-11,19H,3,12-17H2,1-2H3. The summed E-state index contributed by atoms with van der Waals surface area (Å²) >= 11 is 0. The van der Waals surface area contributed by atoms with Crippen LogP contribution >= 0.6 is 0 Å². The molecule has 27 heavy (non-hydrogen) atoms. The quantitative estimate of drug-likeness (QED) is 0.637. The molecular formula is C23H29N3O. The zero-order valence-electron chi connectivity index (χ0n) is 16.4. The fourth-order valence-corrected chi connectivity index (χ4v) is 4.27. The second-order valence-electron chi connectivity index (χ2n) is 7.48. The van der Waals surface area contributed by atoms with Crippen molar-refractivity contribution in [1.29, 1.82) is 0 Å². The normalized spacial score (nSPS) is 16.1. The zero-order chi connectivity index (χ0) is 18.6. The van der Waals surface area contributed by atoms with Gasteiger partial charge < -0.3 is 14.2 Å². The van der Waals surface area contributed by atoms with Crippen LogP contribution in [0, 0.1) is 0 Å². The Labute approximate surface area is 161 Å². The average Bonchev–Trinajstić information content (AvgIpc) is 3.07. The molecule has 2 heterocycles. The molecule has 1 fully saturated rings. The monoisotopic (exact) mass is 363 g/mol. The zero-order valence-corrected chi connectivity index (χ0v) is 16.4. The minimum absolute atomic E-state index is 0.541. The molecule has 0 bridgehead atoms. The molecule has 0 saturated carbocycles. The molecule has 4 rings (SSSR count). The largest absolute Gasteiger partial charge is 0.497 e. The smallest absolute Gasteiger partial charge is 0.118 e. The van der Waals surface area contributed by atoms with Crippen LogP contribution in [0.4, 0.5) is 0 Å². The molecule has 3 aromatic rings. The van der Waals surface area contributed by atoms with Crippen molar-refractivity contribution in [3.05, 3.63) is 59.9 Å². The summed E-state index contributed by atoms with van der Waals surface area (Å²) < 4.78 is 7.81. The number of piperidine rings is 1. The Morgan fingerprint density at radius 3 is 2.48 bits per heavy atom. The average molecular weight is 364 g/mol. The summed E-state index contributed by atoms with van der Waals surface area (Å²) in [6, 6.07) is 17.5. The Kier molecular flexibility index (Phi) is 5.44. The van der Waals surface area contributed by atoms with Gasteiger partial charge in [0, 0.05) is 25.6 Å². The number of para-hydroxylation sites is 2. The number of benzene rings is 2. The molecule has 4 heteroatoms. The number of nitrogens with zero attached hydrogens (tertiary/aromatic N) is 3. The van der Waals surface area contributed by atoms with Gasteiger partial charge in [-0.15, -0.1) is 0 Å². The fraction of sp³-hybridized carbons (Fsp3) is 0.435. The second kappa shape index (κ2) is 8.13. The maximum Gasteiger partial charge on any atom is 0.118 e. The Morgan fingerprint density at radius 1 is 1.04 bits per heavy atom. The van der Waals surface area contributed by atoms with Crippen molar-refractivity contribution in [1.82, 2.24) is 14.5 Å². The number of ether oxygens (including phenoxy) is 1. The summed E-state index contributed by atoms with van der Waals surface area (Å²) in [5.41, 5.74) is 3.66. The first-order valence-electron chi connectivity index (χ1n) is 10.1. The number of methoxy groups -OCH3 is 1. The maximum atomic E-state index is 5.29. The number of imidazole rings is 1. The molecule has 1 saturated heterocycles. The van der Waals surface area contributed by atoms with E-state index in [1.807, 2.05) is 12.1 Å². The molecule has 0 amide bonds. The van der Waals surface area contributed by atoms with E-state index >= 15 is 0 Å². The molecule has 142 valence electrons. The third-order valence-corrected chi connectivity index (χ3v) is 5.65. The van der Waals surface area contributed by atoms with Crippen LogP contribution in [-0.2, 0) is 6.42 Å². The summed E-state index contributed by atoms with van der Waals surface area (Å²) in [4.78, 5) is 7.60. The lowest BCUT2D eigenvalue weighted by Crippen LogP contribution is -2.35. The van der Waals surface area contributed by atoms with Gasteiger partial charge in [0.05, 0.1) is 18.1 Å². The van der Waals surface area contributed by atoms with E-state index < -0.39 is 0 Å². The minimum Gasteiger partial charge on any atom is -0.497 e. The Hall–Kier alpha value is -2.33. The molecule has 0 atom stereocenters. The van der Waals surface area contributed by atoms with Gasteiger partial charge in [-0.05, 0) is 55.6 Å². The van der Waals surface area contributed by atoms with Crippen LogP contribution in [-0.4, -0.2) is 41.2 Å². The van der Waals surface area contributed by atoms with Crippen LogP contribution in [0.3, 0.4) is 0 Å². The van der Waals surface area contributed by atoms with Crippen molar-refractivity contribution in [2.75, 3.05) is 26.7 Å². The topological polar surface area (TPSA) is 30.3 Å². The van der Waals surface area contributed by atoms with E-state index in [2.05, 4.69) is 52.8 Å². The number of rotatable bonds is 6. The van der Waals surface area contributed by atoms with Crippen molar-refractivity contribution < 1.29 is 4.74 Å². The minimum atomic E-state index is 0.541. The second-order valence-corrected chi connectivity index (χ2v) is 7.48. The van der Waals surface area contributed by atoms with Gasteiger partial charge in [-0.1, -0.05) is 31.2 Å². The van der Waals surface area contributed by atoms with Crippen LogP contribution in [0.25, 0.3) is 11.0 Å². The van der Waals surface area contributed by atoms with Crippen LogP contribution in [0.1, 0.15) is 43.6 Å². The highest BCUT2D eigenvalue weighted by Crippen LogP contribution is 2.30. The van der Waals surface area contributed by atoms with Crippen LogP contribution in [0.5, 0.6) is 5.75 Å². The number of hydrogen-bond donors (Lipinski definition) is 0. The fourth-order valence-electron chi connectivity index (χ4n) is 4.27. The highest BCUT2D eigenvalue weighted by atomic mass is 16.5. The van der Waals surface area contributed by atoms with Crippen molar-refractivity contribution in [3.8, 4) is 5.75 Å². The first kappa shape index (κ1) is 18.1. The summed E-state index contributed by atoms with van der Waals surface area (Å²) in [5, 5.41) is 0. The van der Waals surface area contributed by atoms with E-state index in [0.29, 0.717) is 6.04 Å². The Balaban J connectivity index is 1.63. The van der Waals surface area contributed by atoms with Crippen molar-refractivity contribution in [3.63, 3.8) is 0 Å². The van der Waals surface area contributed by atoms with E-state index in [1.54, 1.807) is 7.11 Å². The maximum absolute atomic E-state index is 5.29. The molecule has 0 N–H and O–H groups in total. The molecule has 4 nitrogen and oxygen atoms in total. The Morgan fingerprint density at radius 2 is 1.78 bits per heavy atom. The van der Waals surface area contributed by atoms with E-state index in [9.17, 15) is 0 Å². The lowest BCUT2D eigenvalue weighted by Gasteiger charge is -2.33. The van der Waals surface area contributed by atoms with E-state index in [1.165, 1.54) is 55.8 Å². The Bertz CT molecular complexity index is 876. The van der Waals surface area contributed by atoms with Crippen molar-refractivity contribution >= 4 is 11.0 Å². The molecule has 0 aliphatic carbocycles. The van der Waals surface area contributed by atoms with Gasteiger partial charge >= 0.3 is 0 Å². The lowest BCUT2D eigenvalue weighted by molar-refractivity contribution is 0.187. The van der Waals surface area contributed by atoms with Gasteiger partial charge in [-0.2, -0.15) is 0 Å². The van der Waals surface area contributed by atoms with Gasteiger partial charge in [0.15, 0.2) is 0 Å². The van der Waals surface area contributed by atoms with Crippen molar-refractivity contribution in [2.24, 2.45) is 0 Å². The molecule has 2 aromatic carbocycles. The van der Waals surface area contributed by atoms with Gasteiger partial charge in [0.2, 0.25) is 0 Å². The molecule has 0 unspecified atom stereocenters. The molecule has 0 radical (unpaired) electrons. The summed E-state index contributed by atoms with van der Waals surface area (Å²) in [6.07, 6.45) is 4.50. The van der Waals surface area contributed by atoms with Crippen LogP contribution in [0.15, 0.2) is 48.5 Å². The lowest BCUT2D eigenvalue weighted by atomic mass is 10.0.